The van der Waals surface area contributed by atoms with Gasteiger partial charge in [-0.3, -0.25) is 0 Å². The van der Waals surface area contributed by atoms with Crippen LogP contribution in [-0.4, -0.2) is 31.3 Å². The summed E-state index contributed by atoms with van der Waals surface area (Å²) < 4.78 is 10.8. The maximum atomic E-state index is 5.46. The molecule has 0 aliphatic carbocycles. The van der Waals surface area contributed by atoms with Gasteiger partial charge in [0, 0.05) is 6.54 Å². The SMILES string of the molecule is CC[C@@H](Cc1ccc2c(c1)OCO2)CN1CCCC1. The van der Waals surface area contributed by atoms with Crippen molar-refractivity contribution in [2.45, 2.75) is 32.6 Å². The molecule has 1 fully saturated rings. The van der Waals surface area contributed by atoms with Gasteiger partial charge in [-0.25, -0.2) is 0 Å². The molecule has 3 heteroatoms. The Morgan fingerprint density at radius 2 is 1.95 bits per heavy atom. The van der Waals surface area contributed by atoms with Crippen molar-refractivity contribution in [1.29, 1.82) is 0 Å². The van der Waals surface area contributed by atoms with Gasteiger partial charge in [0.05, 0.1) is 0 Å². The number of likely N-dealkylation sites (tertiary alicyclic amines) is 1. The average Bonchev–Trinajstić information content (AvgIpc) is 3.08. The van der Waals surface area contributed by atoms with Gasteiger partial charge >= 0.3 is 0 Å². The van der Waals surface area contributed by atoms with Gasteiger partial charge in [-0.1, -0.05) is 19.4 Å². The quantitative estimate of drug-likeness (QED) is 0.813. The first-order valence-electron chi connectivity index (χ1n) is 7.46. The molecular formula is C16H23NO2. The molecule has 1 aromatic rings. The molecular weight excluding hydrogens is 238 g/mol. The van der Waals surface area contributed by atoms with Crippen molar-refractivity contribution in [3.63, 3.8) is 0 Å². The lowest BCUT2D eigenvalue weighted by atomic mass is 9.96. The Hall–Kier alpha value is -1.22. The minimum Gasteiger partial charge on any atom is -0.454 e. The molecule has 1 aromatic carbocycles. The van der Waals surface area contributed by atoms with E-state index in [2.05, 4.69) is 24.0 Å². The van der Waals surface area contributed by atoms with Crippen molar-refractivity contribution < 1.29 is 9.47 Å². The number of nitrogens with zero attached hydrogens (tertiary/aromatic N) is 1. The Balaban J connectivity index is 1.61. The van der Waals surface area contributed by atoms with Crippen LogP contribution in [0.1, 0.15) is 31.7 Å². The Morgan fingerprint density at radius 3 is 2.74 bits per heavy atom. The summed E-state index contributed by atoms with van der Waals surface area (Å²) in [7, 11) is 0. The molecule has 19 heavy (non-hydrogen) atoms. The zero-order chi connectivity index (χ0) is 13.1. The van der Waals surface area contributed by atoms with Crippen molar-refractivity contribution in [3.8, 4) is 11.5 Å². The Morgan fingerprint density at radius 1 is 1.16 bits per heavy atom. The molecule has 1 saturated heterocycles. The van der Waals surface area contributed by atoms with Crippen LogP contribution in [0.25, 0.3) is 0 Å². The normalized spacial score (nSPS) is 19.8. The average molecular weight is 261 g/mol. The molecule has 0 saturated carbocycles. The lowest BCUT2D eigenvalue weighted by Crippen LogP contribution is -2.27. The van der Waals surface area contributed by atoms with Crippen LogP contribution in [-0.2, 0) is 6.42 Å². The number of ether oxygens (including phenoxy) is 2. The van der Waals surface area contributed by atoms with E-state index in [1.54, 1.807) is 0 Å². The monoisotopic (exact) mass is 261 g/mol. The lowest BCUT2D eigenvalue weighted by Gasteiger charge is -2.22. The van der Waals surface area contributed by atoms with Crippen LogP contribution in [0.3, 0.4) is 0 Å². The van der Waals surface area contributed by atoms with Crippen molar-refractivity contribution in [2.24, 2.45) is 5.92 Å². The Bertz CT molecular complexity index is 427. The van der Waals surface area contributed by atoms with Crippen LogP contribution in [0.4, 0.5) is 0 Å². The van der Waals surface area contributed by atoms with Crippen LogP contribution in [0.5, 0.6) is 11.5 Å². The minimum atomic E-state index is 0.365. The molecule has 0 spiro atoms. The van der Waals surface area contributed by atoms with E-state index in [1.165, 1.54) is 44.5 Å². The van der Waals surface area contributed by atoms with Gasteiger partial charge in [-0.15, -0.1) is 0 Å². The van der Waals surface area contributed by atoms with Crippen LogP contribution < -0.4 is 9.47 Å². The van der Waals surface area contributed by atoms with Crippen molar-refractivity contribution >= 4 is 0 Å². The van der Waals surface area contributed by atoms with Gasteiger partial charge in [0.25, 0.3) is 0 Å². The third-order valence-corrected chi connectivity index (χ3v) is 4.25. The number of rotatable bonds is 5. The van der Waals surface area contributed by atoms with Crippen LogP contribution in [0, 0.1) is 5.92 Å². The van der Waals surface area contributed by atoms with E-state index in [9.17, 15) is 0 Å². The molecule has 2 aliphatic rings. The molecule has 0 bridgehead atoms. The van der Waals surface area contributed by atoms with Gasteiger partial charge in [0.2, 0.25) is 6.79 Å². The Kier molecular flexibility index (Phi) is 3.92. The van der Waals surface area contributed by atoms with E-state index in [1.807, 2.05) is 6.07 Å². The van der Waals surface area contributed by atoms with Gasteiger partial charge in [-0.05, 0) is 56.0 Å². The predicted molar refractivity (Wildman–Crippen MR) is 75.7 cm³/mol. The number of hydrogen-bond donors (Lipinski definition) is 0. The molecule has 0 unspecified atom stereocenters. The third kappa shape index (κ3) is 3.03. The molecule has 0 N–H and O–H groups in total. The van der Waals surface area contributed by atoms with Gasteiger partial charge in [-0.2, -0.15) is 0 Å². The molecule has 1 atom stereocenters. The maximum Gasteiger partial charge on any atom is 0.231 e. The first-order chi connectivity index (χ1) is 9.35. The molecule has 0 aromatic heterocycles. The number of fused-ring (bicyclic) bond motifs is 1. The summed E-state index contributed by atoms with van der Waals surface area (Å²) >= 11 is 0. The number of hydrogen-bond acceptors (Lipinski definition) is 3. The first-order valence-corrected chi connectivity index (χ1v) is 7.46. The lowest BCUT2D eigenvalue weighted by molar-refractivity contribution is 0.174. The van der Waals surface area contributed by atoms with E-state index in [0.717, 1.165) is 23.8 Å². The maximum absolute atomic E-state index is 5.46. The third-order valence-electron chi connectivity index (χ3n) is 4.25. The topological polar surface area (TPSA) is 21.7 Å². The van der Waals surface area contributed by atoms with E-state index in [0.29, 0.717) is 6.79 Å². The van der Waals surface area contributed by atoms with Crippen LogP contribution >= 0.6 is 0 Å². The zero-order valence-electron chi connectivity index (χ0n) is 11.7. The fourth-order valence-corrected chi connectivity index (χ4v) is 3.07. The van der Waals surface area contributed by atoms with E-state index < -0.39 is 0 Å². The highest BCUT2D eigenvalue weighted by Crippen LogP contribution is 2.33. The molecule has 2 aliphatic heterocycles. The Labute approximate surface area is 115 Å². The summed E-state index contributed by atoms with van der Waals surface area (Å²) in [6, 6.07) is 6.37. The highest BCUT2D eigenvalue weighted by Gasteiger charge is 2.18. The van der Waals surface area contributed by atoms with Crippen LogP contribution in [0.2, 0.25) is 0 Å². The van der Waals surface area contributed by atoms with E-state index in [4.69, 9.17) is 9.47 Å². The second-order valence-electron chi connectivity index (χ2n) is 5.67. The summed E-state index contributed by atoms with van der Waals surface area (Å²) in [6.07, 6.45) is 5.13. The highest BCUT2D eigenvalue weighted by molar-refractivity contribution is 5.44. The summed E-state index contributed by atoms with van der Waals surface area (Å²) in [6.45, 7) is 6.48. The summed E-state index contributed by atoms with van der Waals surface area (Å²) in [4.78, 5) is 2.61. The molecule has 0 amide bonds. The molecule has 3 rings (SSSR count). The van der Waals surface area contributed by atoms with Crippen molar-refractivity contribution in [1.82, 2.24) is 4.90 Å². The summed E-state index contributed by atoms with van der Waals surface area (Å²) in [5, 5.41) is 0. The first kappa shape index (κ1) is 12.8. The van der Waals surface area contributed by atoms with Crippen molar-refractivity contribution in [2.75, 3.05) is 26.4 Å². The second kappa shape index (κ2) is 5.83. The van der Waals surface area contributed by atoms with E-state index >= 15 is 0 Å². The molecule has 104 valence electrons. The van der Waals surface area contributed by atoms with Gasteiger partial charge in [0.15, 0.2) is 11.5 Å². The molecule has 3 nitrogen and oxygen atoms in total. The predicted octanol–water partition coefficient (Wildman–Crippen LogP) is 3.08. The van der Waals surface area contributed by atoms with Gasteiger partial charge < -0.3 is 14.4 Å². The smallest absolute Gasteiger partial charge is 0.231 e. The highest BCUT2D eigenvalue weighted by atomic mass is 16.7. The standard InChI is InChI=1S/C16H23NO2/c1-2-13(11-17-7-3-4-8-17)9-14-5-6-15-16(10-14)19-12-18-15/h5-6,10,13H,2-4,7-9,11-12H2,1H3/t13-/m0/s1. The molecule has 2 heterocycles. The van der Waals surface area contributed by atoms with Crippen LogP contribution in [0.15, 0.2) is 18.2 Å². The largest absolute Gasteiger partial charge is 0.454 e. The zero-order valence-corrected chi connectivity index (χ0v) is 11.7. The summed E-state index contributed by atoms with van der Waals surface area (Å²) in [5.74, 6) is 2.54. The van der Waals surface area contributed by atoms with E-state index in [-0.39, 0.29) is 0 Å². The number of benzene rings is 1. The van der Waals surface area contributed by atoms with Crippen molar-refractivity contribution in [3.05, 3.63) is 23.8 Å². The second-order valence-corrected chi connectivity index (χ2v) is 5.67. The summed E-state index contributed by atoms with van der Waals surface area (Å²) in [5.41, 5.74) is 1.37. The molecule has 0 radical (unpaired) electrons. The fraction of sp³-hybridized carbons (Fsp3) is 0.625. The minimum absolute atomic E-state index is 0.365. The van der Waals surface area contributed by atoms with Gasteiger partial charge in [0.1, 0.15) is 0 Å². The fourth-order valence-electron chi connectivity index (χ4n) is 3.07.